The monoisotopic (exact) mass is 242 g/mol. The molecule has 0 aliphatic heterocycles. The van der Waals surface area contributed by atoms with Gasteiger partial charge in [0.15, 0.2) is 0 Å². The molecule has 0 spiro atoms. The number of nitrogens with zero attached hydrogens (tertiary/aromatic N) is 1. The first kappa shape index (κ1) is 14.9. The highest BCUT2D eigenvalue weighted by molar-refractivity contribution is 4.88. The molecule has 0 saturated heterocycles. The summed E-state index contributed by atoms with van der Waals surface area (Å²) in [6.07, 6.45) is 7.59. The summed E-state index contributed by atoms with van der Waals surface area (Å²) < 4.78 is 6.09. The third-order valence-electron chi connectivity index (χ3n) is 4.03. The molecule has 0 aromatic rings. The van der Waals surface area contributed by atoms with Gasteiger partial charge >= 0.3 is 0 Å². The first-order chi connectivity index (χ1) is 8.12. The average molecular weight is 242 g/mol. The van der Waals surface area contributed by atoms with Crippen LogP contribution in [0.25, 0.3) is 0 Å². The molecular formula is C14H30N2O. The van der Waals surface area contributed by atoms with Gasteiger partial charge in [0.2, 0.25) is 0 Å². The maximum absolute atomic E-state index is 6.09. The number of likely N-dealkylation sites (N-methyl/N-ethyl adjacent to an activating group) is 1. The fourth-order valence-corrected chi connectivity index (χ4v) is 2.75. The highest BCUT2D eigenvalue weighted by Gasteiger charge is 2.34. The molecule has 1 fully saturated rings. The second-order valence-electron chi connectivity index (χ2n) is 5.77. The summed E-state index contributed by atoms with van der Waals surface area (Å²) in [5.74, 6) is 0.914. The molecule has 0 amide bonds. The molecule has 0 atom stereocenters. The fourth-order valence-electron chi connectivity index (χ4n) is 2.75. The summed E-state index contributed by atoms with van der Waals surface area (Å²) in [4.78, 5) is 2.16. The van der Waals surface area contributed by atoms with Gasteiger partial charge in [-0.1, -0.05) is 19.8 Å². The zero-order valence-electron chi connectivity index (χ0n) is 11.9. The molecule has 3 heteroatoms. The van der Waals surface area contributed by atoms with E-state index in [1.807, 2.05) is 0 Å². The van der Waals surface area contributed by atoms with Gasteiger partial charge in [-0.25, -0.2) is 0 Å². The lowest BCUT2D eigenvalue weighted by Gasteiger charge is -2.39. The highest BCUT2D eigenvalue weighted by atomic mass is 16.5. The van der Waals surface area contributed by atoms with Gasteiger partial charge in [-0.2, -0.15) is 0 Å². The van der Waals surface area contributed by atoms with E-state index < -0.39 is 0 Å². The minimum absolute atomic E-state index is 0.0136. The van der Waals surface area contributed by atoms with Crippen LogP contribution in [0.4, 0.5) is 0 Å². The summed E-state index contributed by atoms with van der Waals surface area (Å²) in [5, 5.41) is 0. The van der Waals surface area contributed by atoms with Crippen molar-refractivity contribution in [1.29, 1.82) is 0 Å². The van der Waals surface area contributed by atoms with E-state index in [0.717, 1.165) is 31.9 Å². The smallest absolute Gasteiger partial charge is 0.0805 e. The van der Waals surface area contributed by atoms with Crippen molar-refractivity contribution < 1.29 is 4.74 Å². The molecule has 0 radical (unpaired) electrons. The molecule has 102 valence electrons. The Hall–Kier alpha value is -0.120. The number of hydrogen-bond donors (Lipinski definition) is 1. The molecule has 0 bridgehead atoms. The molecule has 0 unspecified atom stereocenters. The van der Waals surface area contributed by atoms with Crippen molar-refractivity contribution in [2.24, 2.45) is 11.7 Å². The van der Waals surface area contributed by atoms with Crippen LogP contribution in [-0.4, -0.2) is 44.3 Å². The summed E-state index contributed by atoms with van der Waals surface area (Å²) in [6.45, 7) is 4.75. The maximum Gasteiger partial charge on any atom is 0.0805 e. The molecule has 0 heterocycles. The quantitative estimate of drug-likeness (QED) is 0.744. The molecule has 17 heavy (non-hydrogen) atoms. The summed E-state index contributed by atoms with van der Waals surface area (Å²) in [6, 6.07) is 0. The predicted molar refractivity (Wildman–Crippen MR) is 73.2 cm³/mol. The van der Waals surface area contributed by atoms with Gasteiger partial charge in [-0.3, -0.25) is 0 Å². The minimum Gasteiger partial charge on any atom is -0.372 e. The Balaban J connectivity index is 2.33. The zero-order valence-corrected chi connectivity index (χ0v) is 11.9. The molecule has 0 aromatic carbocycles. The average Bonchev–Trinajstić information content (AvgIpc) is 2.31. The summed E-state index contributed by atoms with van der Waals surface area (Å²) >= 11 is 0. The number of rotatable bonds is 7. The van der Waals surface area contributed by atoms with Crippen molar-refractivity contribution >= 4 is 0 Å². The lowest BCUT2D eigenvalue weighted by molar-refractivity contribution is -0.0748. The van der Waals surface area contributed by atoms with Crippen LogP contribution in [0.3, 0.4) is 0 Å². The van der Waals surface area contributed by atoms with E-state index in [4.69, 9.17) is 10.5 Å². The molecule has 1 saturated carbocycles. The van der Waals surface area contributed by atoms with Crippen LogP contribution in [-0.2, 0) is 4.74 Å². The van der Waals surface area contributed by atoms with Crippen LogP contribution in [0.5, 0.6) is 0 Å². The Morgan fingerprint density at radius 2 is 1.94 bits per heavy atom. The molecule has 1 aliphatic carbocycles. The third-order valence-corrected chi connectivity index (χ3v) is 4.03. The normalized spacial score (nSPS) is 29.8. The molecule has 0 aromatic heterocycles. The maximum atomic E-state index is 6.09. The molecule has 1 aliphatic rings. The Labute approximate surface area is 107 Å². The molecule has 2 N–H and O–H groups in total. The van der Waals surface area contributed by atoms with Crippen LogP contribution in [0.15, 0.2) is 0 Å². The van der Waals surface area contributed by atoms with E-state index in [9.17, 15) is 0 Å². The van der Waals surface area contributed by atoms with Gasteiger partial charge in [-0.05, 0) is 45.7 Å². The Morgan fingerprint density at radius 3 is 2.41 bits per heavy atom. The van der Waals surface area contributed by atoms with Gasteiger partial charge in [0, 0.05) is 13.1 Å². The van der Waals surface area contributed by atoms with Crippen LogP contribution < -0.4 is 5.73 Å². The Kier molecular flexibility index (Phi) is 6.45. The second kappa shape index (κ2) is 7.34. The van der Waals surface area contributed by atoms with E-state index in [0.29, 0.717) is 6.54 Å². The first-order valence-corrected chi connectivity index (χ1v) is 7.10. The Bertz CT molecular complexity index is 198. The van der Waals surface area contributed by atoms with Gasteiger partial charge < -0.3 is 15.4 Å². The summed E-state index contributed by atoms with van der Waals surface area (Å²) in [5.41, 5.74) is 5.92. The standard InChI is InChI=1S/C14H30N2O/c1-4-5-13-6-8-14(12-15,9-7-13)17-11-10-16(2)3/h13H,4-12,15H2,1-3H3. The number of hydrogen-bond acceptors (Lipinski definition) is 3. The number of nitrogens with two attached hydrogens (primary N) is 1. The largest absolute Gasteiger partial charge is 0.372 e. The lowest BCUT2D eigenvalue weighted by Crippen LogP contribution is -2.45. The van der Waals surface area contributed by atoms with E-state index in [-0.39, 0.29) is 5.60 Å². The zero-order chi connectivity index (χ0) is 12.7. The minimum atomic E-state index is -0.0136. The third kappa shape index (κ3) is 4.94. The second-order valence-corrected chi connectivity index (χ2v) is 5.77. The Morgan fingerprint density at radius 1 is 1.29 bits per heavy atom. The van der Waals surface area contributed by atoms with Crippen molar-refractivity contribution in [2.45, 2.75) is 51.0 Å². The van der Waals surface area contributed by atoms with Crippen molar-refractivity contribution in [3.8, 4) is 0 Å². The van der Waals surface area contributed by atoms with Crippen LogP contribution in [0, 0.1) is 5.92 Å². The van der Waals surface area contributed by atoms with Crippen molar-refractivity contribution in [2.75, 3.05) is 33.8 Å². The van der Waals surface area contributed by atoms with Crippen LogP contribution in [0.1, 0.15) is 45.4 Å². The molecule has 1 rings (SSSR count). The SMILES string of the molecule is CCCC1CCC(CN)(OCCN(C)C)CC1. The van der Waals surface area contributed by atoms with Crippen LogP contribution in [0.2, 0.25) is 0 Å². The van der Waals surface area contributed by atoms with Gasteiger partial charge in [0.25, 0.3) is 0 Å². The fraction of sp³-hybridized carbons (Fsp3) is 1.00. The topological polar surface area (TPSA) is 38.5 Å². The van der Waals surface area contributed by atoms with Crippen LogP contribution >= 0.6 is 0 Å². The van der Waals surface area contributed by atoms with Gasteiger partial charge in [0.1, 0.15) is 0 Å². The predicted octanol–water partition coefficient (Wildman–Crippen LogP) is 2.25. The van der Waals surface area contributed by atoms with E-state index in [1.54, 1.807) is 0 Å². The number of ether oxygens (including phenoxy) is 1. The van der Waals surface area contributed by atoms with E-state index in [1.165, 1.54) is 25.7 Å². The van der Waals surface area contributed by atoms with Gasteiger partial charge in [-0.15, -0.1) is 0 Å². The lowest BCUT2D eigenvalue weighted by atomic mass is 9.77. The van der Waals surface area contributed by atoms with Crippen molar-refractivity contribution in [3.05, 3.63) is 0 Å². The van der Waals surface area contributed by atoms with E-state index >= 15 is 0 Å². The van der Waals surface area contributed by atoms with E-state index in [2.05, 4.69) is 25.9 Å². The summed E-state index contributed by atoms with van der Waals surface area (Å²) in [7, 11) is 4.16. The molecular weight excluding hydrogens is 212 g/mol. The van der Waals surface area contributed by atoms with Gasteiger partial charge in [0.05, 0.1) is 12.2 Å². The van der Waals surface area contributed by atoms with Crippen molar-refractivity contribution in [1.82, 2.24) is 4.90 Å². The first-order valence-electron chi connectivity index (χ1n) is 7.10. The van der Waals surface area contributed by atoms with Crippen molar-refractivity contribution in [3.63, 3.8) is 0 Å². The highest BCUT2D eigenvalue weighted by Crippen LogP contribution is 2.36. The molecule has 3 nitrogen and oxygen atoms in total.